The second-order valence-corrected chi connectivity index (χ2v) is 5.25. The highest BCUT2D eigenvalue weighted by Crippen LogP contribution is 2.29. The van der Waals surface area contributed by atoms with Crippen molar-refractivity contribution >= 4 is 5.97 Å². The topological polar surface area (TPSA) is 51.5 Å². The van der Waals surface area contributed by atoms with Crippen LogP contribution in [-0.4, -0.2) is 21.7 Å². The van der Waals surface area contributed by atoms with Crippen molar-refractivity contribution in [3.63, 3.8) is 0 Å². The second kappa shape index (κ2) is 4.71. The van der Waals surface area contributed by atoms with E-state index in [4.69, 9.17) is 9.84 Å². The van der Waals surface area contributed by atoms with Gasteiger partial charge in [-0.1, -0.05) is 18.2 Å². The minimum atomic E-state index is -0.875. The van der Waals surface area contributed by atoms with E-state index in [1.807, 2.05) is 36.6 Å². The molecule has 3 rings (SSSR count). The minimum absolute atomic E-state index is 0.0684. The van der Waals surface area contributed by atoms with Crippen LogP contribution >= 0.6 is 0 Å². The Labute approximate surface area is 117 Å². The van der Waals surface area contributed by atoms with Crippen LogP contribution in [0.3, 0.4) is 0 Å². The fraction of sp³-hybridized carbons (Fsp3) is 0.312. The molecular formula is C16H17NO3. The first-order valence-electron chi connectivity index (χ1n) is 6.71. The lowest BCUT2D eigenvalue weighted by molar-refractivity contribution is 0.0695. The third-order valence-electron chi connectivity index (χ3n) is 3.90. The van der Waals surface area contributed by atoms with Gasteiger partial charge in [0.15, 0.2) is 0 Å². The molecule has 0 bridgehead atoms. The molecule has 1 aliphatic heterocycles. The summed E-state index contributed by atoms with van der Waals surface area (Å²) in [4.78, 5) is 11.2. The molecule has 4 heteroatoms. The van der Waals surface area contributed by atoms with Gasteiger partial charge in [-0.2, -0.15) is 0 Å². The van der Waals surface area contributed by atoms with Crippen LogP contribution < -0.4 is 4.74 Å². The van der Waals surface area contributed by atoms with E-state index in [0.717, 1.165) is 23.6 Å². The molecule has 1 aromatic heterocycles. The van der Waals surface area contributed by atoms with Gasteiger partial charge >= 0.3 is 5.97 Å². The molecule has 0 saturated carbocycles. The number of benzene rings is 1. The third-order valence-corrected chi connectivity index (χ3v) is 3.90. The monoisotopic (exact) mass is 271 g/mol. The van der Waals surface area contributed by atoms with Crippen LogP contribution in [0.2, 0.25) is 0 Å². The van der Waals surface area contributed by atoms with Gasteiger partial charge in [-0.15, -0.1) is 0 Å². The first-order valence-corrected chi connectivity index (χ1v) is 6.71. The number of ether oxygens (including phenoxy) is 1. The molecule has 0 spiro atoms. The molecule has 104 valence electrons. The lowest BCUT2D eigenvalue weighted by atomic mass is 10.1. The summed E-state index contributed by atoms with van der Waals surface area (Å²) in [6, 6.07) is 9.76. The van der Waals surface area contributed by atoms with Crippen molar-refractivity contribution < 1.29 is 14.6 Å². The molecule has 0 aliphatic carbocycles. The molecule has 1 N–H and O–H groups in total. The summed E-state index contributed by atoms with van der Waals surface area (Å²) in [7, 11) is 0. The van der Waals surface area contributed by atoms with Crippen LogP contribution in [0.25, 0.3) is 0 Å². The van der Waals surface area contributed by atoms with Gasteiger partial charge in [-0.25, -0.2) is 4.79 Å². The van der Waals surface area contributed by atoms with E-state index in [1.165, 1.54) is 5.56 Å². The Morgan fingerprint density at radius 1 is 1.40 bits per heavy atom. The number of para-hydroxylation sites is 1. The molecule has 1 aromatic carbocycles. The summed E-state index contributed by atoms with van der Waals surface area (Å²) in [5, 5.41) is 9.16. The Morgan fingerprint density at radius 2 is 2.15 bits per heavy atom. The van der Waals surface area contributed by atoms with Gasteiger partial charge in [0.25, 0.3) is 0 Å². The molecule has 0 amide bonds. The molecule has 2 aromatic rings. The maximum atomic E-state index is 11.2. The van der Waals surface area contributed by atoms with Gasteiger partial charge in [0, 0.05) is 17.8 Å². The zero-order chi connectivity index (χ0) is 14.3. The number of rotatable bonds is 3. The van der Waals surface area contributed by atoms with Crippen LogP contribution in [0, 0.1) is 13.8 Å². The summed E-state index contributed by atoms with van der Waals surface area (Å²) < 4.78 is 7.95. The van der Waals surface area contributed by atoms with Crippen LogP contribution in [-0.2, 0) is 13.0 Å². The Morgan fingerprint density at radius 3 is 2.80 bits per heavy atom. The summed E-state index contributed by atoms with van der Waals surface area (Å²) in [5.74, 6) is 0.0680. The third kappa shape index (κ3) is 2.07. The fourth-order valence-corrected chi connectivity index (χ4v) is 2.86. The Hall–Kier alpha value is -2.23. The minimum Gasteiger partial charge on any atom is -0.488 e. The lowest BCUT2D eigenvalue weighted by Crippen LogP contribution is -2.22. The fourth-order valence-electron chi connectivity index (χ4n) is 2.86. The van der Waals surface area contributed by atoms with E-state index >= 15 is 0 Å². The first-order chi connectivity index (χ1) is 9.56. The molecule has 1 unspecified atom stereocenters. The molecule has 0 fully saturated rings. The lowest BCUT2D eigenvalue weighted by Gasteiger charge is -2.15. The highest BCUT2D eigenvalue weighted by molar-refractivity contribution is 5.89. The van der Waals surface area contributed by atoms with Crippen molar-refractivity contribution in [3.8, 4) is 5.75 Å². The van der Waals surface area contributed by atoms with Crippen molar-refractivity contribution in [2.45, 2.75) is 32.9 Å². The highest BCUT2D eigenvalue weighted by Gasteiger charge is 2.24. The van der Waals surface area contributed by atoms with Gasteiger partial charge < -0.3 is 14.4 Å². The molecule has 1 aliphatic rings. The van der Waals surface area contributed by atoms with E-state index in [-0.39, 0.29) is 6.10 Å². The SMILES string of the molecule is Cc1cc(C(=O)O)c(C)n1CC1Cc2ccccc2O1. The van der Waals surface area contributed by atoms with Gasteiger partial charge in [-0.3, -0.25) is 0 Å². The molecule has 1 atom stereocenters. The Balaban J connectivity index is 1.82. The highest BCUT2D eigenvalue weighted by atomic mass is 16.5. The number of nitrogens with zero attached hydrogens (tertiary/aromatic N) is 1. The van der Waals surface area contributed by atoms with E-state index < -0.39 is 5.97 Å². The molecule has 2 heterocycles. The molecule has 0 saturated heterocycles. The maximum absolute atomic E-state index is 11.2. The number of aromatic nitrogens is 1. The summed E-state index contributed by atoms with van der Waals surface area (Å²) >= 11 is 0. The number of hydrogen-bond donors (Lipinski definition) is 1. The second-order valence-electron chi connectivity index (χ2n) is 5.25. The van der Waals surface area contributed by atoms with E-state index in [9.17, 15) is 4.79 Å². The molecule has 0 radical (unpaired) electrons. The normalized spacial score (nSPS) is 16.8. The van der Waals surface area contributed by atoms with Gasteiger partial charge in [-0.05, 0) is 31.5 Å². The zero-order valence-electron chi connectivity index (χ0n) is 11.6. The van der Waals surface area contributed by atoms with E-state index in [2.05, 4.69) is 6.07 Å². The number of fused-ring (bicyclic) bond motifs is 1. The maximum Gasteiger partial charge on any atom is 0.337 e. The quantitative estimate of drug-likeness (QED) is 0.934. The Bertz CT molecular complexity index is 647. The number of hydrogen-bond acceptors (Lipinski definition) is 2. The van der Waals surface area contributed by atoms with Crippen molar-refractivity contribution in [1.82, 2.24) is 4.57 Å². The van der Waals surface area contributed by atoms with Crippen LogP contribution in [0.15, 0.2) is 30.3 Å². The number of aryl methyl sites for hydroxylation is 1. The smallest absolute Gasteiger partial charge is 0.337 e. The Kier molecular flexibility index (Phi) is 3.01. The number of carbonyl (C=O) groups is 1. The standard InChI is InChI=1S/C16H17NO3/c1-10-7-14(16(18)19)11(2)17(10)9-13-8-12-5-3-4-6-15(12)20-13/h3-7,13H,8-9H2,1-2H3,(H,18,19). The summed E-state index contributed by atoms with van der Waals surface area (Å²) in [6.07, 6.45) is 0.939. The predicted molar refractivity (Wildman–Crippen MR) is 75.4 cm³/mol. The van der Waals surface area contributed by atoms with Crippen molar-refractivity contribution in [3.05, 3.63) is 52.8 Å². The van der Waals surface area contributed by atoms with Crippen LogP contribution in [0.5, 0.6) is 5.75 Å². The van der Waals surface area contributed by atoms with Gasteiger partial charge in [0.2, 0.25) is 0 Å². The van der Waals surface area contributed by atoms with Gasteiger partial charge in [0.1, 0.15) is 11.9 Å². The molecular weight excluding hydrogens is 254 g/mol. The molecule has 20 heavy (non-hydrogen) atoms. The predicted octanol–water partition coefficient (Wildman–Crippen LogP) is 2.81. The van der Waals surface area contributed by atoms with Gasteiger partial charge in [0.05, 0.1) is 12.1 Å². The molecule has 4 nitrogen and oxygen atoms in total. The van der Waals surface area contributed by atoms with Crippen molar-refractivity contribution in [2.24, 2.45) is 0 Å². The first kappa shape index (κ1) is 12.8. The summed E-state index contributed by atoms with van der Waals surface area (Å²) in [6.45, 7) is 4.46. The average Bonchev–Trinajstić information content (AvgIpc) is 2.94. The van der Waals surface area contributed by atoms with Crippen molar-refractivity contribution in [2.75, 3.05) is 0 Å². The average molecular weight is 271 g/mol. The van der Waals surface area contributed by atoms with E-state index in [0.29, 0.717) is 12.1 Å². The number of aromatic carboxylic acids is 1. The number of carboxylic acids is 1. The van der Waals surface area contributed by atoms with Crippen molar-refractivity contribution in [1.29, 1.82) is 0 Å². The largest absolute Gasteiger partial charge is 0.488 e. The van der Waals surface area contributed by atoms with Crippen LogP contribution in [0.1, 0.15) is 27.3 Å². The number of carboxylic acid groups (broad SMARTS) is 1. The van der Waals surface area contributed by atoms with Crippen LogP contribution in [0.4, 0.5) is 0 Å². The summed E-state index contributed by atoms with van der Waals surface area (Å²) in [5.41, 5.74) is 3.34. The zero-order valence-corrected chi connectivity index (χ0v) is 11.6. The van der Waals surface area contributed by atoms with E-state index in [1.54, 1.807) is 6.07 Å².